The number of rotatable bonds is 4. The summed E-state index contributed by atoms with van der Waals surface area (Å²) in [6.45, 7) is 0. The Morgan fingerprint density at radius 3 is 2.65 bits per heavy atom. The fourth-order valence-corrected chi connectivity index (χ4v) is 3.36. The average molecular weight is 357 g/mol. The SMILES string of the molecule is COc1cccc(NS(=O)(=O)c2cc(Br)ccc2N)c1. The summed E-state index contributed by atoms with van der Waals surface area (Å²) in [5.41, 5.74) is 6.31. The topological polar surface area (TPSA) is 81.4 Å². The van der Waals surface area contributed by atoms with Crippen molar-refractivity contribution in [2.24, 2.45) is 0 Å². The lowest BCUT2D eigenvalue weighted by Crippen LogP contribution is -2.14. The molecule has 2 rings (SSSR count). The van der Waals surface area contributed by atoms with Gasteiger partial charge in [0.1, 0.15) is 10.6 Å². The van der Waals surface area contributed by atoms with E-state index < -0.39 is 10.0 Å². The molecule has 106 valence electrons. The van der Waals surface area contributed by atoms with Gasteiger partial charge in [-0.25, -0.2) is 8.42 Å². The number of anilines is 2. The Balaban J connectivity index is 2.38. The lowest BCUT2D eigenvalue weighted by Gasteiger charge is -2.11. The molecule has 0 radical (unpaired) electrons. The van der Waals surface area contributed by atoms with Gasteiger partial charge >= 0.3 is 0 Å². The molecule has 0 amide bonds. The van der Waals surface area contributed by atoms with E-state index in [0.29, 0.717) is 15.9 Å². The zero-order chi connectivity index (χ0) is 14.8. The van der Waals surface area contributed by atoms with Crippen LogP contribution in [0.5, 0.6) is 5.75 Å². The van der Waals surface area contributed by atoms with Crippen molar-refractivity contribution in [1.82, 2.24) is 0 Å². The van der Waals surface area contributed by atoms with Crippen LogP contribution < -0.4 is 15.2 Å². The minimum Gasteiger partial charge on any atom is -0.497 e. The first-order chi connectivity index (χ1) is 9.42. The highest BCUT2D eigenvalue weighted by molar-refractivity contribution is 9.10. The highest BCUT2D eigenvalue weighted by Gasteiger charge is 2.18. The highest BCUT2D eigenvalue weighted by Crippen LogP contribution is 2.26. The normalized spacial score (nSPS) is 11.1. The van der Waals surface area contributed by atoms with E-state index >= 15 is 0 Å². The van der Waals surface area contributed by atoms with Crippen molar-refractivity contribution in [3.05, 3.63) is 46.9 Å². The van der Waals surface area contributed by atoms with Crippen molar-refractivity contribution in [3.63, 3.8) is 0 Å². The molecule has 0 aliphatic carbocycles. The van der Waals surface area contributed by atoms with Crippen LogP contribution in [0.25, 0.3) is 0 Å². The first-order valence-corrected chi connectivity index (χ1v) is 7.92. The number of nitrogens with one attached hydrogen (secondary N) is 1. The molecular formula is C13H13BrN2O3S. The van der Waals surface area contributed by atoms with Gasteiger partial charge in [-0.15, -0.1) is 0 Å². The Morgan fingerprint density at radius 2 is 1.95 bits per heavy atom. The maximum Gasteiger partial charge on any atom is 0.263 e. The summed E-state index contributed by atoms with van der Waals surface area (Å²) < 4.78 is 32.8. The molecule has 0 heterocycles. The van der Waals surface area contributed by atoms with E-state index in [1.165, 1.54) is 19.2 Å². The molecule has 0 spiro atoms. The Kier molecular flexibility index (Phi) is 4.20. The fraction of sp³-hybridized carbons (Fsp3) is 0.0769. The van der Waals surface area contributed by atoms with Gasteiger partial charge in [-0.05, 0) is 30.3 Å². The van der Waals surface area contributed by atoms with E-state index in [1.54, 1.807) is 30.3 Å². The van der Waals surface area contributed by atoms with E-state index in [4.69, 9.17) is 10.5 Å². The van der Waals surface area contributed by atoms with Crippen LogP contribution in [0.2, 0.25) is 0 Å². The largest absolute Gasteiger partial charge is 0.497 e. The van der Waals surface area contributed by atoms with Crippen LogP contribution >= 0.6 is 15.9 Å². The van der Waals surface area contributed by atoms with Crippen molar-refractivity contribution < 1.29 is 13.2 Å². The first-order valence-electron chi connectivity index (χ1n) is 5.64. The van der Waals surface area contributed by atoms with Gasteiger partial charge in [0.2, 0.25) is 0 Å². The second-order valence-electron chi connectivity index (χ2n) is 4.02. The number of halogens is 1. The van der Waals surface area contributed by atoms with Crippen LogP contribution in [-0.2, 0) is 10.0 Å². The van der Waals surface area contributed by atoms with E-state index in [2.05, 4.69) is 20.7 Å². The van der Waals surface area contributed by atoms with Gasteiger partial charge in [0.15, 0.2) is 0 Å². The monoisotopic (exact) mass is 356 g/mol. The molecule has 2 aromatic rings. The quantitative estimate of drug-likeness (QED) is 0.825. The fourth-order valence-electron chi connectivity index (χ4n) is 1.64. The Hall–Kier alpha value is -1.73. The molecule has 0 fully saturated rings. The van der Waals surface area contributed by atoms with Crippen molar-refractivity contribution in [2.75, 3.05) is 17.6 Å². The van der Waals surface area contributed by atoms with E-state index in [-0.39, 0.29) is 10.6 Å². The molecule has 2 aromatic carbocycles. The van der Waals surface area contributed by atoms with Crippen LogP contribution in [0.1, 0.15) is 0 Å². The number of methoxy groups -OCH3 is 1. The Morgan fingerprint density at radius 1 is 1.20 bits per heavy atom. The summed E-state index contributed by atoms with van der Waals surface area (Å²) in [7, 11) is -2.24. The lowest BCUT2D eigenvalue weighted by atomic mass is 10.3. The standard InChI is InChI=1S/C13H13BrN2O3S/c1-19-11-4-2-3-10(8-11)16-20(17,18)13-7-9(14)5-6-12(13)15/h2-8,16H,15H2,1H3. The van der Waals surface area contributed by atoms with Crippen LogP contribution in [0.15, 0.2) is 51.8 Å². The molecule has 0 saturated heterocycles. The number of ether oxygens (including phenoxy) is 1. The van der Waals surface area contributed by atoms with Crippen LogP contribution in [0.3, 0.4) is 0 Å². The molecule has 5 nitrogen and oxygen atoms in total. The number of nitrogens with two attached hydrogens (primary N) is 1. The second kappa shape index (κ2) is 5.72. The van der Waals surface area contributed by atoms with E-state index in [0.717, 1.165) is 0 Å². The lowest BCUT2D eigenvalue weighted by molar-refractivity contribution is 0.415. The zero-order valence-electron chi connectivity index (χ0n) is 10.6. The summed E-state index contributed by atoms with van der Waals surface area (Å²) in [5.74, 6) is 0.562. The smallest absolute Gasteiger partial charge is 0.263 e. The van der Waals surface area contributed by atoms with Crippen molar-refractivity contribution in [1.29, 1.82) is 0 Å². The van der Waals surface area contributed by atoms with E-state index in [1.807, 2.05) is 0 Å². The van der Waals surface area contributed by atoms with Gasteiger partial charge in [0.25, 0.3) is 10.0 Å². The van der Waals surface area contributed by atoms with Crippen LogP contribution in [0, 0.1) is 0 Å². The second-order valence-corrected chi connectivity index (χ2v) is 6.59. The van der Waals surface area contributed by atoms with Crippen molar-refractivity contribution in [2.45, 2.75) is 4.90 Å². The molecule has 20 heavy (non-hydrogen) atoms. The van der Waals surface area contributed by atoms with Crippen molar-refractivity contribution in [3.8, 4) is 5.75 Å². The predicted octanol–water partition coefficient (Wildman–Crippen LogP) is 2.84. The summed E-state index contributed by atoms with van der Waals surface area (Å²) in [4.78, 5) is 0.0229. The summed E-state index contributed by atoms with van der Waals surface area (Å²) >= 11 is 3.23. The number of nitrogen functional groups attached to an aromatic ring is 1. The summed E-state index contributed by atoms with van der Waals surface area (Å²) in [5, 5.41) is 0. The molecule has 0 saturated carbocycles. The molecular weight excluding hydrogens is 344 g/mol. The van der Waals surface area contributed by atoms with Crippen molar-refractivity contribution >= 4 is 37.3 Å². The number of sulfonamides is 1. The molecule has 3 N–H and O–H groups in total. The maximum absolute atomic E-state index is 12.3. The van der Waals surface area contributed by atoms with Gasteiger partial charge in [-0.2, -0.15) is 0 Å². The molecule has 0 aromatic heterocycles. The molecule has 0 bridgehead atoms. The highest BCUT2D eigenvalue weighted by atomic mass is 79.9. The predicted molar refractivity (Wildman–Crippen MR) is 82.4 cm³/mol. The van der Waals surface area contributed by atoms with Crippen LogP contribution in [0.4, 0.5) is 11.4 Å². The number of hydrogen-bond donors (Lipinski definition) is 2. The third-order valence-corrected chi connectivity index (χ3v) is 4.52. The van der Waals surface area contributed by atoms with Crippen LogP contribution in [-0.4, -0.2) is 15.5 Å². The first kappa shape index (κ1) is 14.7. The number of hydrogen-bond acceptors (Lipinski definition) is 4. The maximum atomic E-state index is 12.3. The molecule has 0 aliphatic rings. The molecule has 0 atom stereocenters. The summed E-state index contributed by atoms with van der Waals surface area (Å²) in [6.07, 6.45) is 0. The third-order valence-electron chi connectivity index (χ3n) is 2.59. The average Bonchev–Trinajstić information content (AvgIpc) is 2.41. The van der Waals surface area contributed by atoms with Gasteiger partial charge in [-0.3, -0.25) is 4.72 Å². The molecule has 0 aliphatic heterocycles. The van der Waals surface area contributed by atoms with Gasteiger partial charge < -0.3 is 10.5 Å². The summed E-state index contributed by atoms with van der Waals surface area (Å²) in [6, 6.07) is 11.3. The van der Waals surface area contributed by atoms with E-state index in [9.17, 15) is 8.42 Å². The minimum atomic E-state index is -3.75. The Labute approximate surface area is 125 Å². The van der Waals surface area contributed by atoms with Gasteiger partial charge in [0.05, 0.1) is 18.5 Å². The third kappa shape index (κ3) is 3.23. The molecule has 0 unspecified atom stereocenters. The van der Waals surface area contributed by atoms with Gasteiger partial charge in [0, 0.05) is 10.5 Å². The van der Waals surface area contributed by atoms with Gasteiger partial charge in [-0.1, -0.05) is 22.0 Å². The number of benzene rings is 2. The zero-order valence-corrected chi connectivity index (χ0v) is 13.0. The molecule has 7 heteroatoms. The minimum absolute atomic E-state index is 0.0229. The Bertz CT molecular complexity index is 732.